The van der Waals surface area contributed by atoms with Crippen LogP contribution in [0.15, 0.2) is 0 Å². The number of halogens is 2. The maximum atomic E-state index is 6.12. The summed E-state index contributed by atoms with van der Waals surface area (Å²) >= 11 is 14.1. The molecule has 0 unspecified atom stereocenters. The zero-order valence-electron chi connectivity index (χ0n) is 5.93. The average molecular weight is 377 g/mol. The van der Waals surface area contributed by atoms with E-state index in [2.05, 4.69) is 0 Å². The Balaban J connectivity index is 2.82. The van der Waals surface area contributed by atoms with Crippen molar-refractivity contribution in [2.24, 2.45) is 11.5 Å². The van der Waals surface area contributed by atoms with E-state index in [4.69, 9.17) is 34.7 Å². The van der Waals surface area contributed by atoms with Gasteiger partial charge in [-0.3, -0.25) is 0 Å². The molecule has 1 fully saturated rings. The van der Waals surface area contributed by atoms with Crippen LogP contribution in [0.25, 0.3) is 0 Å². The molecule has 1 rings (SSSR count). The van der Waals surface area contributed by atoms with E-state index in [0.717, 1.165) is 19.3 Å². The van der Waals surface area contributed by atoms with E-state index in [1.807, 2.05) is 19.8 Å². The molecule has 0 amide bonds. The van der Waals surface area contributed by atoms with Gasteiger partial charge in [-0.05, 0) is 0 Å². The Morgan fingerprint density at radius 2 is 2.00 bits per heavy atom. The first-order chi connectivity index (χ1) is 4.88. The first-order valence-corrected chi connectivity index (χ1v) is 5.39. The van der Waals surface area contributed by atoms with Gasteiger partial charge in [0, 0.05) is 0 Å². The van der Waals surface area contributed by atoms with Crippen LogP contribution < -0.4 is 11.5 Å². The Labute approximate surface area is 87.9 Å². The van der Waals surface area contributed by atoms with Crippen molar-refractivity contribution in [1.29, 1.82) is 0 Å². The van der Waals surface area contributed by atoms with Crippen LogP contribution in [0, 0.1) is 0 Å². The Bertz CT molecular complexity index is 161. The van der Waals surface area contributed by atoms with Crippen LogP contribution in [0.4, 0.5) is 0 Å². The van der Waals surface area contributed by atoms with Crippen LogP contribution in [0.2, 0.25) is 0 Å². The number of alkyl halides is 2. The van der Waals surface area contributed by atoms with Gasteiger partial charge in [-0.15, -0.1) is 0 Å². The molecule has 0 aliphatic heterocycles. The van der Waals surface area contributed by atoms with Gasteiger partial charge in [0.15, 0.2) is 0 Å². The van der Waals surface area contributed by atoms with Crippen LogP contribution >= 0.6 is 23.2 Å². The fraction of sp³-hybridized carbons (Fsp3) is 1.00. The summed E-state index contributed by atoms with van der Waals surface area (Å²) in [5, 5.41) is -0.130. The Kier molecular flexibility index (Phi) is 2.95. The molecule has 0 heterocycles. The van der Waals surface area contributed by atoms with E-state index in [0.29, 0.717) is 0 Å². The van der Waals surface area contributed by atoms with Crippen LogP contribution in [0.3, 0.4) is 0 Å². The molecule has 69 valence electrons. The molecule has 1 aliphatic rings. The average Bonchev–Trinajstić information content (AvgIpc) is 1.84. The molecule has 0 aromatic heterocycles. The van der Waals surface area contributed by atoms with Crippen LogP contribution in [-0.4, -0.2) is 14.3 Å². The molecule has 0 aromatic carbocycles. The van der Waals surface area contributed by atoms with Crippen LogP contribution in [0.1, 0.15) is 19.3 Å². The van der Waals surface area contributed by atoms with Crippen LogP contribution in [-0.2, 0) is 19.8 Å². The molecule has 0 radical (unpaired) electrons. The van der Waals surface area contributed by atoms with Crippen molar-refractivity contribution < 1.29 is 19.8 Å². The second kappa shape index (κ2) is 3.15. The summed E-state index contributed by atoms with van der Waals surface area (Å²) in [6.45, 7) is 0. The molecule has 1 saturated carbocycles. The van der Waals surface area contributed by atoms with Gasteiger partial charge in [-0.1, -0.05) is 0 Å². The van der Waals surface area contributed by atoms with E-state index in [1.165, 1.54) is 0 Å². The summed E-state index contributed by atoms with van der Waals surface area (Å²) in [5.41, 5.74) is 10.8. The van der Waals surface area contributed by atoms with Crippen molar-refractivity contribution in [2.75, 3.05) is 0 Å². The van der Waals surface area contributed by atoms with Crippen molar-refractivity contribution in [3.05, 3.63) is 0 Å². The van der Waals surface area contributed by atoms with Crippen LogP contribution in [0.5, 0.6) is 0 Å². The van der Waals surface area contributed by atoms with Crippen molar-refractivity contribution >= 4 is 23.2 Å². The number of hydrogen-bond donors (Lipinski definition) is 2. The first-order valence-electron chi connectivity index (χ1n) is 3.44. The molecule has 0 saturated heterocycles. The topological polar surface area (TPSA) is 52.0 Å². The van der Waals surface area contributed by atoms with Crippen molar-refractivity contribution in [3.63, 3.8) is 0 Å². The fourth-order valence-corrected chi connectivity index (χ4v) is 2.37. The zero-order chi connectivity index (χ0) is 8.70. The summed E-state index contributed by atoms with van der Waals surface area (Å²) in [5.74, 6) is 0. The van der Waals surface area contributed by atoms with Gasteiger partial charge in [0.2, 0.25) is 0 Å². The van der Waals surface area contributed by atoms with Gasteiger partial charge in [0.1, 0.15) is 0 Å². The summed E-state index contributed by atoms with van der Waals surface area (Å²) in [4.78, 5) is 0. The zero-order valence-corrected chi connectivity index (χ0v) is 9.71. The molecule has 4 N–H and O–H groups in total. The minimum atomic E-state index is -0.833. The van der Waals surface area contributed by atoms with Gasteiger partial charge in [-0.2, -0.15) is 0 Å². The molecule has 11 heavy (non-hydrogen) atoms. The third-order valence-corrected chi connectivity index (χ3v) is 5.51. The molecular weight excluding hydrogens is 366 g/mol. The first kappa shape index (κ1) is 10.3. The van der Waals surface area contributed by atoms with Crippen molar-refractivity contribution in [2.45, 2.75) is 33.6 Å². The standard InChI is InChI=1S/C6H11Cl2N2.Pt/c7-4-2-1-3-6(9,10)5(4)8;/h4H,1-3,9-10H2;/t4-;/m0./s1. The van der Waals surface area contributed by atoms with Gasteiger partial charge >= 0.3 is 88.0 Å². The summed E-state index contributed by atoms with van der Waals surface area (Å²) < 4.78 is -0.702. The van der Waals surface area contributed by atoms with Gasteiger partial charge < -0.3 is 0 Å². The Morgan fingerprint density at radius 3 is 2.36 bits per heavy atom. The molecule has 2 atom stereocenters. The van der Waals surface area contributed by atoms with E-state index in [1.54, 1.807) is 0 Å². The van der Waals surface area contributed by atoms with Crippen molar-refractivity contribution in [3.8, 4) is 0 Å². The number of hydrogen-bond acceptors (Lipinski definition) is 2. The van der Waals surface area contributed by atoms with E-state index in [-0.39, 0.29) is 5.38 Å². The predicted octanol–water partition coefficient (Wildman–Crippen LogP) is 0.873. The van der Waals surface area contributed by atoms with Crippen molar-refractivity contribution in [1.82, 2.24) is 0 Å². The Hall–Kier alpha value is 1.19. The minimum absolute atomic E-state index is 0.130. The summed E-state index contributed by atoms with van der Waals surface area (Å²) in [7, 11) is 0. The molecule has 0 spiro atoms. The monoisotopic (exact) mass is 376 g/mol. The maximum absolute atomic E-state index is 6.12. The van der Waals surface area contributed by atoms with Gasteiger partial charge in [0.25, 0.3) is 0 Å². The molecular formula is C6H11Cl2N2Pt. The predicted molar refractivity (Wildman–Crippen MR) is 43.2 cm³/mol. The SMILES string of the molecule is NC1(N)CCC[C@H](Cl)[C@@]1(Cl)[Pt]. The molecule has 5 heteroatoms. The van der Waals surface area contributed by atoms with E-state index in [9.17, 15) is 0 Å². The second-order valence-corrected chi connectivity index (χ2v) is 6.54. The quantitative estimate of drug-likeness (QED) is 0.487. The Morgan fingerprint density at radius 1 is 1.45 bits per heavy atom. The molecule has 0 aromatic rings. The number of rotatable bonds is 0. The third-order valence-electron chi connectivity index (χ3n) is 2.01. The van der Waals surface area contributed by atoms with E-state index >= 15 is 0 Å². The summed E-state index contributed by atoms with van der Waals surface area (Å²) in [6.07, 6.45) is 2.59. The molecule has 1 aliphatic carbocycles. The molecule has 2 nitrogen and oxygen atoms in total. The molecule has 0 bridgehead atoms. The normalized spacial score (nSPS) is 44.0. The fourth-order valence-electron chi connectivity index (χ4n) is 1.20. The number of nitrogens with two attached hydrogens (primary N) is 2. The van der Waals surface area contributed by atoms with Gasteiger partial charge in [-0.25, -0.2) is 0 Å². The summed E-state index contributed by atoms with van der Waals surface area (Å²) in [6, 6.07) is 0. The van der Waals surface area contributed by atoms with Gasteiger partial charge in [0.05, 0.1) is 0 Å². The second-order valence-electron chi connectivity index (χ2n) is 2.98. The third kappa shape index (κ3) is 1.76. The van der Waals surface area contributed by atoms with E-state index < -0.39 is 8.93 Å².